The van der Waals surface area contributed by atoms with Gasteiger partial charge in [-0.25, -0.2) is 9.48 Å². The third-order valence-corrected chi connectivity index (χ3v) is 4.37. The zero-order valence-corrected chi connectivity index (χ0v) is 13.5. The van der Waals surface area contributed by atoms with Crippen LogP contribution in [0.2, 0.25) is 0 Å². The van der Waals surface area contributed by atoms with E-state index in [1.807, 2.05) is 11.0 Å². The molecule has 1 aliphatic heterocycles. The van der Waals surface area contributed by atoms with E-state index in [0.29, 0.717) is 5.82 Å². The van der Waals surface area contributed by atoms with Gasteiger partial charge in [-0.2, -0.15) is 0 Å². The minimum absolute atomic E-state index is 0.320. The molecule has 1 N–H and O–H groups in total. The van der Waals surface area contributed by atoms with Crippen molar-refractivity contribution in [2.24, 2.45) is 14.1 Å². The molecule has 0 unspecified atom stereocenters. The van der Waals surface area contributed by atoms with E-state index in [9.17, 15) is 9.59 Å². The van der Waals surface area contributed by atoms with Crippen LogP contribution in [0.15, 0.2) is 39.9 Å². The summed E-state index contributed by atoms with van der Waals surface area (Å²) in [5, 5.41) is 4.15. The number of aryl methyl sites for hydroxylation is 1. The van der Waals surface area contributed by atoms with E-state index in [1.54, 1.807) is 7.05 Å². The minimum Gasteiger partial charge on any atom is -0.339 e. The fourth-order valence-electron chi connectivity index (χ4n) is 2.98. The van der Waals surface area contributed by atoms with E-state index in [4.69, 9.17) is 0 Å². The van der Waals surface area contributed by atoms with Crippen LogP contribution in [-0.2, 0) is 20.6 Å². The molecule has 0 radical (unpaired) electrons. The average molecular weight is 316 g/mol. The fraction of sp³-hybridized carbons (Fsp3) is 0.438. The number of rotatable bonds is 3. The van der Waals surface area contributed by atoms with Crippen molar-refractivity contribution in [1.29, 1.82) is 0 Å². The van der Waals surface area contributed by atoms with Crippen LogP contribution in [0, 0.1) is 0 Å². The Morgan fingerprint density at radius 3 is 2.39 bits per heavy atom. The van der Waals surface area contributed by atoms with Gasteiger partial charge in [-0.3, -0.25) is 9.36 Å². The molecule has 1 fully saturated rings. The lowest BCUT2D eigenvalue weighted by atomic mass is 10.2. The van der Waals surface area contributed by atoms with Gasteiger partial charge in [-0.05, 0) is 0 Å². The molecular formula is C16H22N5O2+. The van der Waals surface area contributed by atoms with Gasteiger partial charge in [-0.15, -0.1) is 5.10 Å². The zero-order valence-electron chi connectivity index (χ0n) is 13.5. The van der Waals surface area contributed by atoms with Crippen LogP contribution in [0.3, 0.4) is 0 Å². The number of benzene rings is 1. The Bertz CT molecular complexity index is 788. The summed E-state index contributed by atoms with van der Waals surface area (Å²) in [6.45, 7) is 4.42. The topological polar surface area (TPSA) is 64.6 Å². The summed E-state index contributed by atoms with van der Waals surface area (Å²) in [6.07, 6.45) is 0. The van der Waals surface area contributed by atoms with Gasteiger partial charge in [0.25, 0.3) is 5.56 Å². The highest BCUT2D eigenvalue weighted by atomic mass is 16.2. The van der Waals surface area contributed by atoms with Crippen LogP contribution in [0.4, 0.5) is 5.82 Å². The highest BCUT2D eigenvalue weighted by Crippen LogP contribution is 2.02. The zero-order chi connectivity index (χ0) is 16.4. The second kappa shape index (κ2) is 6.37. The predicted molar refractivity (Wildman–Crippen MR) is 87.8 cm³/mol. The molecule has 7 nitrogen and oxygen atoms in total. The van der Waals surface area contributed by atoms with Crippen LogP contribution in [0.1, 0.15) is 5.56 Å². The van der Waals surface area contributed by atoms with E-state index >= 15 is 0 Å². The molecule has 3 rings (SSSR count). The Balaban J connectivity index is 1.70. The van der Waals surface area contributed by atoms with Gasteiger partial charge in [0.15, 0.2) is 0 Å². The summed E-state index contributed by atoms with van der Waals surface area (Å²) in [7, 11) is 3.06. The summed E-state index contributed by atoms with van der Waals surface area (Å²) in [4.78, 5) is 27.4. The summed E-state index contributed by atoms with van der Waals surface area (Å²) in [5.74, 6) is 0.369. The van der Waals surface area contributed by atoms with Gasteiger partial charge in [0, 0.05) is 19.7 Å². The lowest BCUT2D eigenvalue weighted by Crippen LogP contribution is -3.13. The molecule has 0 atom stereocenters. The highest BCUT2D eigenvalue weighted by Gasteiger charge is 2.24. The van der Waals surface area contributed by atoms with Crippen LogP contribution in [-0.4, -0.2) is 40.5 Å². The standard InChI is InChI=1S/C16H21N5O2/c1-18-15(22)14(17-19(2)16(18)23)21-10-8-20(9-11-21)12-13-6-4-3-5-7-13/h3-7H,8-12H2,1-2H3/p+1. The molecule has 1 aromatic heterocycles. The number of aromatic nitrogens is 3. The number of piperazine rings is 1. The molecule has 1 aromatic carbocycles. The molecule has 122 valence electrons. The lowest BCUT2D eigenvalue weighted by molar-refractivity contribution is -0.914. The molecular weight excluding hydrogens is 294 g/mol. The normalized spacial score (nSPS) is 15.8. The van der Waals surface area contributed by atoms with E-state index in [1.165, 1.54) is 22.2 Å². The van der Waals surface area contributed by atoms with Crippen LogP contribution in [0.5, 0.6) is 0 Å². The van der Waals surface area contributed by atoms with Gasteiger partial charge in [0.05, 0.1) is 26.2 Å². The fourth-order valence-corrected chi connectivity index (χ4v) is 2.98. The molecule has 23 heavy (non-hydrogen) atoms. The molecule has 1 saturated heterocycles. The molecule has 0 spiro atoms. The second-order valence-electron chi connectivity index (χ2n) is 5.99. The summed E-state index contributed by atoms with van der Waals surface area (Å²) in [5.41, 5.74) is 0.610. The number of hydrogen-bond donors (Lipinski definition) is 1. The molecule has 0 amide bonds. The first-order chi connectivity index (χ1) is 11.1. The first-order valence-electron chi connectivity index (χ1n) is 7.83. The number of quaternary nitrogens is 1. The Labute approximate surface area is 134 Å². The van der Waals surface area contributed by atoms with Crippen molar-refractivity contribution in [3.63, 3.8) is 0 Å². The van der Waals surface area contributed by atoms with Crippen molar-refractivity contribution in [3.05, 3.63) is 56.7 Å². The van der Waals surface area contributed by atoms with Crippen molar-refractivity contribution in [2.45, 2.75) is 6.54 Å². The van der Waals surface area contributed by atoms with Gasteiger partial charge in [0.2, 0.25) is 5.82 Å². The highest BCUT2D eigenvalue weighted by molar-refractivity contribution is 5.34. The van der Waals surface area contributed by atoms with Crippen LogP contribution >= 0.6 is 0 Å². The monoisotopic (exact) mass is 316 g/mol. The van der Waals surface area contributed by atoms with Crippen molar-refractivity contribution >= 4 is 5.82 Å². The number of nitrogens with one attached hydrogen (secondary N) is 1. The van der Waals surface area contributed by atoms with Crippen molar-refractivity contribution < 1.29 is 4.90 Å². The number of hydrogen-bond acceptors (Lipinski definition) is 4. The SMILES string of the molecule is Cn1nc(N2CC[NH+](Cc3ccccc3)CC2)c(=O)n(C)c1=O. The molecule has 2 heterocycles. The van der Waals surface area contributed by atoms with Crippen molar-refractivity contribution in [1.82, 2.24) is 14.3 Å². The maximum atomic E-state index is 12.3. The van der Waals surface area contributed by atoms with Crippen molar-refractivity contribution in [3.8, 4) is 0 Å². The molecule has 7 heteroatoms. The second-order valence-corrected chi connectivity index (χ2v) is 5.99. The van der Waals surface area contributed by atoms with Crippen molar-refractivity contribution in [2.75, 3.05) is 31.1 Å². The number of anilines is 1. The van der Waals surface area contributed by atoms with Gasteiger partial charge in [0.1, 0.15) is 6.54 Å². The predicted octanol–water partition coefficient (Wildman–Crippen LogP) is -1.62. The maximum absolute atomic E-state index is 12.3. The van der Waals surface area contributed by atoms with Gasteiger partial charge in [-0.1, -0.05) is 30.3 Å². The molecule has 2 aromatic rings. The molecule has 0 aliphatic carbocycles. The first kappa shape index (κ1) is 15.5. The smallest absolute Gasteiger partial charge is 0.339 e. The number of nitrogens with zero attached hydrogens (tertiary/aromatic N) is 4. The van der Waals surface area contributed by atoms with Gasteiger partial charge >= 0.3 is 5.69 Å². The Hall–Kier alpha value is -2.41. The van der Waals surface area contributed by atoms with Crippen LogP contribution in [0.25, 0.3) is 0 Å². The maximum Gasteiger partial charge on any atom is 0.346 e. The minimum atomic E-state index is -0.396. The van der Waals surface area contributed by atoms with Gasteiger partial charge < -0.3 is 9.80 Å². The van der Waals surface area contributed by atoms with E-state index < -0.39 is 5.69 Å². The average Bonchev–Trinajstić information content (AvgIpc) is 2.58. The Morgan fingerprint density at radius 2 is 1.74 bits per heavy atom. The summed E-state index contributed by atoms with van der Waals surface area (Å²) >= 11 is 0. The van der Waals surface area contributed by atoms with Crippen LogP contribution < -0.4 is 21.0 Å². The summed E-state index contributed by atoms with van der Waals surface area (Å²) < 4.78 is 2.34. The largest absolute Gasteiger partial charge is 0.346 e. The Kier molecular flexibility index (Phi) is 4.29. The van der Waals surface area contributed by atoms with E-state index in [0.717, 1.165) is 37.3 Å². The first-order valence-corrected chi connectivity index (χ1v) is 7.83. The molecule has 0 saturated carbocycles. The third kappa shape index (κ3) is 3.19. The Morgan fingerprint density at radius 1 is 1.09 bits per heavy atom. The molecule has 1 aliphatic rings. The summed E-state index contributed by atoms with van der Waals surface area (Å²) in [6, 6.07) is 10.4. The van der Waals surface area contributed by atoms with E-state index in [-0.39, 0.29) is 5.56 Å². The quantitative estimate of drug-likeness (QED) is 0.740. The molecule has 0 bridgehead atoms. The third-order valence-electron chi connectivity index (χ3n) is 4.37. The van der Waals surface area contributed by atoms with E-state index in [2.05, 4.69) is 29.4 Å². The lowest BCUT2D eigenvalue weighted by Gasteiger charge is -2.32.